The molecule has 64 heavy (non-hydrogen) atoms. The summed E-state index contributed by atoms with van der Waals surface area (Å²) in [6, 6.07) is 39.7. The largest absolute Gasteiger partial charge is 0.458 e. The molecule has 6 heteroatoms. The topological polar surface area (TPSA) is 45.1 Å². The van der Waals surface area contributed by atoms with E-state index in [1.165, 1.54) is 0 Å². The lowest BCUT2D eigenvalue weighted by Gasteiger charge is -2.20. The number of ether oxygens (including phenoxy) is 2. The summed E-state index contributed by atoms with van der Waals surface area (Å²) >= 11 is 0. The molecule has 0 saturated heterocycles. The summed E-state index contributed by atoms with van der Waals surface area (Å²) in [5.41, 5.74) is 4.62. The minimum atomic E-state index is -0.582. The number of hydrogen-bond acceptors (Lipinski definition) is 3. The van der Waals surface area contributed by atoms with Crippen LogP contribution >= 0.6 is 0 Å². The number of nitrogens with zero attached hydrogens (tertiary/aromatic N) is 4. The average Bonchev–Trinajstić information content (AvgIpc) is 3.97. The second kappa shape index (κ2) is 15.9. The second-order valence-electron chi connectivity index (χ2n) is 16.3. The first-order chi connectivity index (χ1) is 35.5. The van der Waals surface area contributed by atoms with Gasteiger partial charge in [0.2, 0.25) is 0 Å². The molecular weight excluding hydrogens is 785 g/mol. The van der Waals surface area contributed by atoms with E-state index < -0.39 is 60.4 Å². The van der Waals surface area contributed by atoms with Crippen LogP contribution in [0.3, 0.4) is 0 Å². The maximum absolute atomic E-state index is 9.11. The lowest BCUT2D eigenvalue weighted by molar-refractivity contribution is -0.571. The fourth-order valence-corrected chi connectivity index (χ4v) is 8.18. The Morgan fingerprint density at radius 1 is 0.547 bits per heavy atom. The van der Waals surface area contributed by atoms with Crippen molar-refractivity contribution in [3.05, 3.63) is 224 Å². The first-order valence-electron chi connectivity index (χ1n) is 25.8. The molecule has 11 rings (SSSR count). The quantitative estimate of drug-likeness (QED) is 0.107. The highest BCUT2D eigenvalue weighted by Crippen LogP contribution is 2.38. The van der Waals surface area contributed by atoms with Gasteiger partial charge in [0.05, 0.1) is 47.1 Å². The summed E-state index contributed by atoms with van der Waals surface area (Å²) in [5, 5.41) is 2.10. The molecule has 8 aromatic carbocycles. The van der Waals surface area contributed by atoms with Crippen molar-refractivity contribution in [2.24, 2.45) is 0 Å². The van der Waals surface area contributed by atoms with Gasteiger partial charge in [-0.1, -0.05) is 142 Å². The van der Waals surface area contributed by atoms with E-state index in [0.717, 1.165) is 33.2 Å². The zero-order chi connectivity index (χ0) is 51.9. The van der Waals surface area contributed by atoms with Crippen LogP contribution in [0.15, 0.2) is 212 Å². The molecular formula is C58H44N4O2. The van der Waals surface area contributed by atoms with E-state index in [4.69, 9.17) is 28.2 Å². The van der Waals surface area contributed by atoms with Gasteiger partial charge in [0.15, 0.2) is 0 Å². The zero-order valence-electron chi connectivity index (χ0n) is 45.0. The lowest BCUT2D eigenvalue weighted by atomic mass is 9.88. The molecule has 0 fully saturated rings. The summed E-state index contributed by atoms with van der Waals surface area (Å²) in [6.45, 7) is 6.53. The Kier molecular flexibility index (Phi) is 7.25. The summed E-state index contributed by atoms with van der Waals surface area (Å²) in [7, 11) is 0. The van der Waals surface area contributed by atoms with Gasteiger partial charge in [-0.15, -0.1) is 0 Å². The van der Waals surface area contributed by atoms with E-state index in [9.17, 15) is 0 Å². The molecule has 0 saturated carbocycles. The Morgan fingerprint density at radius 2 is 1.16 bits per heavy atom. The van der Waals surface area contributed by atoms with Gasteiger partial charge in [0, 0.05) is 23.0 Å². The number of imidazole rings is 1. The number of rotatable bonds is 9. The number of aromatic nitrogens is 4. The van der Waals surface area contributed by atoms with Crippen LogP contribution in [-0.2, 0) is 5.41 Å². The molecule has 0 bridgehead atoms. The summed E-state index contributed by atoms with van der Waals surface area (Å²) < 4.78 is 106. The molecule has 0 unspecified atom stereocenters. The van der Waals surface area contributed by atoms with E-state index in [1.54, 1.807) is 39.5 Å². The molecule has 0 aliphatic heterocycles. The SMILES string of the molecule is [2H]c1c([2H])c([2H])c(-c2cccc(-c3c([2H])c([2H])c([2H])c([2H])c3[2H])c2-[n+]2[c-]n(-c3cccc(Oc4ccc5c6ccccc6n(-c6cc(C(C)(C)C)ccn6)c5c4)c3)c3cc(Oc4ccccc4)ccc32)c([2H])c1[2H]. The van der Waals surface area contributed by atoms with Gasteiger partial charge in [0.1, 0.15) is 28.8 Å². The second-order valence-corrected chi connectivity index (χ2v) is 16.3. The first kappa shape index (κ1) is 29.1. The Hall–Kier alpha value is -8.22. The van der Waals surface area contributed by atoms with Crippen LogP contribution in [0.5, 0.6) is 23.0 Å². The molecule has 0 aliphatic carbocycles. The van der Waals surface area contributed by atoms with Gasteiger partial charge in [-0.3, -0.25) is 13.7 Å². The smallest absolute Gasteiger partial charge is 0.269 e. The van der Waals surface area contributed by atoms with Crippen LogP contribution in [0, 0.1) is 6.33 Å². The number of fused-ring (bicyclic) bond motifs is 4. The maximum atomic E-state index is 9.11. The van der Waals surface area contributed by atoms with Crippen LogP contribution < -0.4 is 14.0 Å². The van der Waals surface area contributed by atoms with Crippen molar-refractivity contribution in [3.63, 3.8) is 0 Å². The standard InChI is InChI=1S/C58H44N4O2/c1-58(2,3)42-33-34-59-56(35-42)62-52-28-14-13-25-50(52)51-31-29-46(37-54(51)62)64-45-24-15-21-43(36-45)60-39-61(53-32-30-47(38-55(53)60)63-44-22-11-6-12-23-44)57-48(40-17-7-4-8-18-40)26-16-27-49(57)41-19-9-5-10-20-41/h4-38H,1-3H3/i4D,5D,7D,8D,9D,10D,17D,18D,19D,20D. The Labute approximate surface area is 386 Å². The van der Waals surface area contributed by atoms with Gasteiger partial charge in [-0.2, -0.15) is 0 Å². The minimum absolute atomic E-state index is 0.103. The van der Waals surface area contributed by atoms with Gasteiger partial charge in [0.25, 0.3) is 6.33 Å². The summed E-state index contributed by atoms with van der Waals surface area (Å²) in [4.78, 5) is 4.84. The predicted octanol–water partition coefficient (Wildman–Crippen LogP) is 14.4. The van der Waals surface area contributed by atoms with E-state index >= 15 is 0 Å². The molecule has 0 aliphatic rings. The molecule has 0 atom stereocenters. The predicted molar refractivity (Wildman–Crippen MR) is 258 cm³/mol. The van der Waals surface area contributed by atoms with Crippen molar-refractivity contribution in [3.8, 4) is 62.4 Å². The van der Waals surface area contributed by atoms with Crippen molar-refractivity contribution < 1.29 is 27.7 Å². The van der Waals surface area contributed by atoms with Gasteiger partial charge < -0.3 is 9.47 Å². The summed E-state index contributed by atoms with van der Waals surface area (Å²) in [6.07, 6.45) is 5.31. The highest BCUT2D eigenvalue weighted by Gasteiger charge is 2.22. The highest BCUT2D eigenvalue weighted by atomic mass is 16.5. The Balaban J connectivity index is 1.12. The minimum Gasteiger partial charge on any atom is -0.458 e. The van der Waals surface area contributed by atoms with Crippen molar-refractivity contribution in [1.29, 1.82) is 0 Å². The average molecular weight is 839 g/mol. The fourth-order valence-electron chi connectivity index (χ4n) is 8.18. The van der Waals surface area contributed by atoms with Crippen LogP contribution in [0.4, 0.5) is 0 Å². The number of benzene rings is 8. The molecule has 308 valence electrons. The molecule has 0 amide bonds. The van der Waals surface area contributed by atoms with Gasteiger partial charge in [-0.05, 0) is 112 Å². The van der Waals surface area contributed by atoms with Gasteiger partial charge in [-0.25, -0.2) is 4.98 Å². The zero-order valence-corrected chi connectivity index (χ0v) is 35.0. The van der Waals surface area contributed by atoms with Crippen molar-refractivity contribution >= 4 is 32.8 Å². The number of para-hydroxylation sites is 3. The molecule has 11 aromatic rings. The Morgan fingerprint density at radius 3 is 1.89 bits per heavy atom. The summed E-state index contributed by atoms with van der Waals surface area (Å²) in [5.74, 6) is 2.88. The molecule has 3 aromatic heterocycles. The first-order valence-corrected chi connectivity index (χ1v) is 20.8. The van der Waals surface area contributed by atoms with Crippen molar-refractivity contribution in [2.45, 2.75) is 26.2 Å². The monoisotopic (exact) mass is 838 g/mol. The molecule has 6 nitrogen and oxygen atoms in total. The highest BCUT2D eigenvalue weighted by molar-refractivity contribution is 6.09. The molecule has 0 N–H and O–H groups in total. The number of hydrogen-bond donors (Lipinski definition) is 0. The van der Waals surface area contributed by atoms with E-state index in [1.807, 2.05) is 103 Å². The molecule has 0 radical (unpaired) electrons. The third kappa shape index (κ3) is 7.15. The third-order valence-electron chi connectivity index (χ3n) is 11.2. The van der Waals surface area contributed by atoms with Gasteiger partial charge >= 0.3 is 0 Å². The van der Waals surface area contributed by atoms with Crippen LogP contribution in [-0.4, -0.2) is 14.1 Å². The van der Waals surface area contributed by atoms with Crippen LogP contribution in [0.1, 0.15) is 40.0 Å². The van der Waals surface area contributed by atoms with E-state index in [2.05, 4.69) is 49.9 Å². The van der Waals surface area contributed by atoms with Crippen LogP contribution in [0.2, 0.25) is 0 Å². The maximum Gasteiger partial charge on any atom is 0.269 e. The fraction of sp³-hybridized carbons (Fsp3) is 0.0690. The Bertz CT molecular complexity index is 3950. The normalized spacial score (nSPS) is 13.9. The van der Waals surface area contributed by atoms with E-state index in [0.29, 0.717) is 39.7 Å². The van der Waals surface area contributed by atoms with Crippen molar-refractivity contribution in [1.82, 2.24) is 14.1 Å². The molecule has 3 heterocycles. The van der Waals surface area contributed by atoms with Crippen LogP contribution in [0.25, 0.3) is 72.3 Å². The van der Waals surface area contributed by atoms with Crippen molar-refractivity contribution in [2.75, 3.05) is 0 Å². The third-order valence-corrected chi connectivity index (χ3v) is 11.2. The lowest BCUT2D eigenvalue weighted by Crippen LogP contribution is -2.31. The number of pyridine rings is 1. The molecule has 0 spiro atoms. The van der Waals surface area contributed by atoms with E-state index in [-0.39, 0.29) is 33.4 Å².